The van der Waals surface area contributed by atoms with E-state index < -0.39 is 54.4 Å². The first kappa shape index (κ1) is 22.1. The van der Waals surface area contributed by atoms with Gasteiger partial charge in [-0.3, -0.25) is 14.4 Å². The van der Waals surface area contributed by atoms with Crippen molar-refractivity contribution >= 4 is 23.8 Å². The van der Waals surface area contributed by atoms with E-state index in [9.17, 15) is 24.3 Å². The monoisotopic (exact) mass is 381 g/mol. The number of carboxylic acids is 2. The van der Waals surface area contributed by atoms with E-state index >= 15 is 0 Å². The van der Waals surface area contributed by atoms with Crippen LogP contribution in [-0.4, -0.2) is 63.3 Å². The van der Waals surface area contributed by atoms with E-state index in [0.29, 0.717) is 0 Å². The first-order valence-corrected chi connectivity index (χ1v) is 8.14. The number of carbonyl (C=O) groups excluding carboxylic acids is 2. The first-order chi connectivity index (χ1) is 12.6. The van der Waals surface area contributed by atoms with Crippen LogP contribution in [0.1, 0.15) is 18.9 Å². The number of rotatable bonds is 10. The van der Waals surface area contributed by atoms with E-state index in [2.05, 4.69) is 5.32 Å². The molecule has 0 fully saturated rings. The van der Waals surface area contributed by atoms with E-state index in [1.165, 1.54) is 0 Å². The number of nitrogens with one attached hydrogen (secondary N) is 2. The summed E-state index contributed by atoms with van der Waals surface area (Å²) in [7, 11) is 0. The Morgan fingerprint density at radius 2 is 1.63 bits per heavy atom. The minimum Gasteiger partial charge on any atom is -0.481 e. The molecule has 0 aliphatic rings. The van der Waals surface area contributed by atoms with Crippen LogP contribution in [-0.2, 0) is 25.6 Å². The summed E-state index contributed by atoms with van der Waals surface area (Å²) in [4.78, 5) is 46.5. The molecule has 10 nitrogen and oxygen atoms in total. The Labute approximate surface area is 155 Å². The maximum atomic E-state index is 12.2. The standard InChI is InChI=1S/C17H23N3O7/c1-9(21)14(17(26)27)20-16(25)12(8-13(22)23)19-15(24)11(18)7-10-5-3-2-4-6-10/h2-6,9,11-12,14,21H,7-8,18H2,1H3,(H,19,24)(H,20,25)(H,22,23)(H,26,27). The molecule has 1 rings (SSSR count). The van der Waals surface area contributed by atoms with Crippen LogP contribution in [0.5, 0.6) is 0 Å². The van der Waals surface area contributed by atoms with Crippen molar-refractivity contribution in [1.29, 1.82) is 0 Å². The molecule has 0 spiro atoms. The Balaban J connectivity index is 2.80. The lowest BCUT2D eigenvalue weighted by molar-refractivity contribution is -0.145. The van der Waals surface area contributed by atoms with Crippen molar-refractivity contribution in [1.82, 2.24) is 10.6 Å². The summed E-state index contributed by atoms with van der Waals surface area (Å²) in [6, 6.07) is 4.61. The van der Waals surface area contributed by atoms with Gasteiger partial charge >= 0.3 is 11.9 Å². The van der Waals surface area contributed by atoms with Crippen molar-refractivity contribution in [3.8, 4) is 0 Å². The average molecular weight is 381 g/mol. The molecule has 1 aromatic rings. The highest BCUT2D eigenvalue weighted by molar-refractivity contribution is 5.94. The number of hydrogen-bond donors (Lipinski definition) is 6. The van der Waals surface area contributed by atoms with Gasteiger partial charge in [-0.05, 0) is 18.9 Å². The minimum absolute atomic E-state index is 0.166. The van der Waals surface area contributed by atoms with Gasteiger partial charge in [0, 0.05) is 0 Å². The summed E-state index contributed by atoms with van der Waals surface area (Å²) in [6.45, 7) is 1.15. The SMILES string of the molecule is CC(O)C(NC(=O)C(CC(=O)O)NC(=O)C(N)Cc1ccccc1)C(=O)O. The first-order valence-electron chi connectivity index (χ1n) is 8.14. The lowest BCUT2D eigenvalue weighted by atomic mass is 10.0. The normalized spacial score (nSPS) is 15.1. The van der Waals surface area contributed by atoms with Gasteiger partial charge < -0.3 is 31.7 Å². The van der Waals surface area contributed by atoms with Gasteiger partial charge in [0.2, 0.25) is 11.8 Å². The molecule has 10 heteroatoms. The van der Waals surface area contributed by atoms with Gasteiger partial charge in [-0.1, -0.05) is 30.3 Å². The van der Waals surface area contributed by atoms with Crippen molar-refractivity contribution in [3.63, 3.8) is 0 Å². The number of aliphatic hydroxyl groups excluding tert-OH is 1. The number of hydrogen-bond acceptors (Lipinski definition) is 6. The molecule has 0 aromatic heterocycles. The number of aliphatic hydroxyl groups is 1. The second-order valence-corrected chi connectivity index (χ2v) is 6.02. The predicted octanol–water partition coefficient (Wildman–Crippen LogP) is -1.53. The second kappa shape index (κ2) is 10.2. The molecule has 4 atom stereocenters. The number of amides is 2. The molecule has 27 heavy (non-hydrogen) atoms. The quantitative estimate of drug-likeness (QED) is 0.282. The van der Waals surface area contributed by atoms with Gasteiger partial charge in [0.1, 0.15) is 6.04 Å². The smallest absolute Gasteiger partial charge is 0.328 e. The third kappa shape index (κ3) is 7.42. The van der Waals surface area contributed by atoms with Crippen LogP contribution in [0, 0.1) is 0 Å². The number of carbonyl (C=O) groups is 4. The fraction of sp³-hybridized carbons (Fsp3) is 0.412. The molecule has 148 valence electrons. The van der Waals surface area contributed by atoms with Crippen LogP contribution in [0.15, 0.2) is 30.3 Å². The summed E-state index contributed by atoms with van der Waals surface area (Å²) in [6.07, 6.45) is -2.03. The van der Waals surface area contributed by atoms with E-state index in [1.54, 1.807) is 30.3 Å². The molecule has 2 amide bonds. The Morgan fingerprint density at radius 3 is 2.11 bits per heavy atom. The van der Waals surface area contributed by atoms with Gasteiger partial charge in [-0.15, -0.1) is 0 Å². The molecule has 0 heterocycles. The largest absolute Gasteiger partial charge is 0.481 e. The summed E-state index contributed by atoms with van der Waals surface area (Å²) in [5, 5.41) is 31.6. The molecule has 0 aliphatic heterocycles. The van der Waals surface area contributed by atoms with E-state index in [0.717, 1.165) is 12.5 Å². The molecule has 0 saturated heterocycles. The van der Waals surface area contributed by atoms with Crippen molar-refractivity contribution in [2.45, 2.75) is 44.0 Å². The van der Waals surface area contributed by atoms with Crippen LogP contribution in [0.3, 0.4) is 0 Å². The molecule has 4 unspecified atom stereocenters. The fourth-order valence-corrected chi connectivity index (χ4v) is 2.27. The number of carboxylic acid groups (broad SMARTS) is 2. The molecular weight excluding hydrogens is 358 g/mol. The Hall–Kier alpha value is -2.98. The molecular formula is C17H23N3O7. The number of aliphatic carboxylic acids is 2. The molecule has 0 aliphatic carbocycles. The van der Waals surface area contributed by atoms with Crippen molar-refractivity contribution < 1.29 is 34.5 Å². The van der Waals surface area contributed by atoms with E-state index in [-0.39, 0.29) is 6.42 Å². The molecule has 0 bridgehead atoms. The summed E-state index contributed by atoms with van der Waals surface area (Å²) in [5.74, 6) is -4.69. The van der Waals surface area contributed by atoms with Crippen LogP contribution in [0.4, 0.5) is 0 Å². The molecule has 0 radical (unpaired) electrons. The Kier molecular flexibility index (Phi) is 8.36. The Bertz CT molecular complexity index is 678. The zero-order chi connectivity index (χ0) is 20.6. The maximum absolute atomic E-state index is 12.2. The Morgan fingerprint density at radius 1 is 1.04 bits per heavy atom. The molecule has 1 aromatic carbocycles. The van der Waals surface area contributed by atoms with Crippen LogP contribution in [0.2, 0.25) is 0 Å². The molecule has 7 N–H and O–H groups in total. The third-order valence-corrected chi connectivity index (χ3v) is 3.69. The highest BCUT2D eigenvalue weighted by Gasteiger charge is 2.31. The van der Waals surface area contributed by atoms with Gasteiger partial charge in [0.15, 0.2) is 6.04 Å². The zero-order valence-electron chi connectivity index (χ0n) is 14.7. The summed E-state index contributed by atoms with van der Waals surface area (Å²) in [5.41, 5.74) is 6.58. The van der Waals surface area contributed by atoms with Gasteiger partial charge in [0.25, 0.3) is 0 Å². The lowest BCUT2D eigenvalue weighted by Gasteiger charge is -2.23. The predicted molar refractivity (Wildman–Crippen MR) is 93.6 cm³/mol. The van der Waals surface area contributed by atoms with Gasteiger partial charge in [0.05, 0.1) is 18.6 Å². The summed E-state index contributed by atoms with van der Waals surface area (Å²) < 4.78 is 0. The molecule has 0 saturated carbocycles. The number of benzene rings is 1. The topological polar surface area (TPSA) is 179 Å². The highest BCUT2D eigenvalue weighted by atomic mass is 16.4. The van der Waals surface area contributed by atoms with Crippen LogP contribution >= 0.6 is 0 Å². The van der Waals surface area contributed by atoms with Crippen molar-refractivity contribution in [3.05, 3.63) is 35.9 Å². The van der Waals surface area contributed by atoms with Crippen molar-refractivity contribution in [2.24, 2.45) is 5.73 Å². The zero-order valence-corrected chi connectivity index (χ0v) is 14.7. The lowest BCUT2D eigenvalue weighted by Crippen LogP contribution is -2.57. The maximum Gasteiger partial charge on any atom is 0.328 e. The van der Waals surface area contributed by atoms with E-state index in [4.69, 9.17) is 15.9 Å². The van der Waals surface area contributed by atoms with Crippen LogP contribution in [0.25, 0.3) is 0 Å². The summed E-state index contributed by atoms with van der Waals surface area (Å²) >= 11 is 0. The van der Waals surface area contributed by atoms with Gasteiger partial charge in [-0.2, -0.15) is 0 Å². The highest BCUT2D eigenvalue weighted by Crippen LogP contribution is 2.04. The second-order valence-electron chi connectivity index (χ2n) is 6.02. The van der Waals surface area contributed by atoms with Crippen LogP contribution < -0.4 is 16.4 Å². The van der Waals surface area contributed by atoms with E-state index in [1.807, 2.05) is 5.32 Å². The fourth-order valence-electron chi connectivity index (χ4n) is 2.27. The average Bonchev–Trinajstić information content (AvgIpc) is 2.58. The number of nitrogens with two attached hydrogens (primary N) is 1. The third-order valence-electron chi connectivity index (χ3n) is 3.69. The van der Waals surface area contributed by atoms with Gasteiger partial charge in [-0.25, -0.2) is 4.79 Å². The minimum atomic E-state index is -1.65. The van der Waals surface area contributed by atoms with Crippen molar-refractivity contribution in [2.75, 3.05) is 0 Å².